The van der Waals surface area contributed by atoms with Crippen LogP contribution in [0, 0.1) is 11.3 Å². The SMILES string of the molecule is N#Cc1ccnc(Sc2ccc(Cl)c(Cl)c2)c1. The lowest BCUT2D eigenvalue weighted by Gasteiger charge is -2.02. The second-order valence-corrected chi connectivity index (χ2v) is 5.08. The second kappa shape index (κ2) is 5.42. The van der Waals surface area contributed by atoms with Gasteiger partial charge in [-0.2, -0.15) is 5.26 Å². The van der Waals surface area contributed by atoms with Crippen LogP contribution in [0.2, 0.25) is 10.0 Å². The summed E-state index contributed by atoms with van der Waals surface area (Å²) in [7, 11) is 0. The van der Waals surface area contributed by atoms with E-state index in [1.807, 2.05) is 6.07 Å². The molecule has 1 aromatic heterocycles. The molecule has 2 aromatic rings. The summed E-state index contributed by atoms with van der Waals surface area (Å²) in [4.78, 5) is 5.10. The van der Waals surface area contributed by atoms with Crippen molar-refractivity contribution in [1.82, 2.24) is 4.98 Å². The van der Waals surface area contributed by atoms with Crippen molar-refractivity contribution in [3.05, 3.63) is 52.1 Å². The maximum atomic E-state index is 8.78. The number of halogens is 2. The van der Waals surface area contributed by atoms with E-state index in [-0.39, 0.29) is 0 Å². The highest BCUT2D eigenvalue weighted by molar-refractivity contribution is 7.99. The zero-order valence-corrected chi connectivity index (χ0v) is 10.9. The lowest BCUT2D eigenvalue weighted by Crippen LogP contribution is -1.82. The van der Waals surface area contributed by atoms with E-state index in [0.717, 1.165) is 9.92 Å². The predicted molar refractivity (Wildman–Crippen MR) is 69.5 cm³/mol. The molecule has 17 heavy (non-hydrogen) atoms. The highest BCUT2D eigenvalue weighted by Crippen LogP contribution is 2.31. The Morgan fingerprint density at radius 3 is 2.65 bits per heavy atom. The highest BCUT2D eigenvalue weighted by Gasteiger charge is 2.03. The molecule has 0 radical (unpaired) electrons. The molecule has 0 saturated carbocycles. The van der Waals surface area contributed by atoms with Gasteiger partial charge < -0.3 is 0 Å². The number of aromatic nitrogens is 1. The van der Waals surface area contributed by atoms with Gasteiger partial charge in [0.05, 0.1) is 21.7 Å². The first-order valence-electron chi connectivity index (χ1n) is 4.68. The minimum Gasteiger partial charge on any atom is -0.250 e. The molecule has 0 atom stereocenters. The first-order chi connectivity index (χ1) is 8.19. The van der Waals surface area contributed by atoms with E-state index in [1.165, 1.54) is 11.8 Å². The van der Waals surface area contributed by atoms with E-state index in [0.29, 0.717) is 15.6 Å². The smallest absolute Gasteiger partial charge is 0.102 e. The number of benzene rings is 1. The van der Waals surface area contributed by atoms with Gasteiger partial charge in [-0.05, 0) is 30.3 Å². The van der Waals surface area contributed by atoms with Gasteiger partial charge in [0, 0.05) is 11.1 Å². The van der Waals surface area contributed by atoms with Crippen LogP contribution in [0.1, 0.15) is 5.56 Å². The number of nitrogens with zero attached hydrogens (tertiary/aromatic N) is 2. The minimum atomic E-state index is 0.508. The van der Waals surface area contributed by atoms with E-state index in [1.54, 1.807) is 30.5 Å². The van der Waals surface area contributed by atoms with Crippen molar-refractivity contribution >= 4 is 35.0 Å². The van der Waals surface area contributed by atoms with Crippen LogP contribution in [0.3, 0.4) is 0 Å². The molecule has 0 amide bonds. The Morgan fingerprint density at radius 1 is 1.12 bits per heavy atom. The summed E-state index contributed by atoms with van der Waals surface area (Å²) >= 11 is 13.2. The molecular formula is C12H6Cl2N2S. The maximum Gasteiger partial charge on any atom is 0.102 e. The van der Waals surface area contributed by atoms with Crippen LogP contribution in [-0.2, 0) is 0 Å². The summed E-state index contributed by atoms with van der Waals surface area (Å²) in [5.41, 5.74) is 0.586. The quantitative estimate of drug-likeness (QED) is 0.818. The molecule has 0 aliphatic heterocycles. The van der Waals surface area contributed by atoms with Crippen LogP contribution in [-0.4, -0.2) is 4.98 Å². The lowest BCUT2D eigenvalue weighted by molar-refractivity contribution is 1.12. The first kappa shape index (κ1) is 12.3. The van der Waals surface area contributed by atoms with E-state index < -0.39 is 0 Å². The van der Waals surface area contributed by atoms with Crippen molar-refractivity contribution in [2.75, 3.05) is 0 Å². The molecule has 0 bridgehead atoms. The Morgan fingerprint density at radius 2 is 1.94 bits per heavy atom. The lowest BCUT2D eigenvalue weighted by atomic mass is 10.3. The van der Waals surface area contributed by atoms with Gasteiger partial charge in [-0.1, -0.05) is 35.0 Å². The van der Waals surface area contributed by atoms with Crippen LogP contribution in [0.4, 0.5) is 0 Å². The molecule has 0 spiro atoms. The van der Waals surface area contributed by atoms with Gasteiger partial charge in [-0.15, -0.1) is 0 Å². The summed E-state index contributed by atoms with van der Waals surface area (Å²) in [6.45, 7) is 0. The van der Waals surface area contributed by atoms with Gasteiger partial charge in [-0.25, -0.2) is 4.98 Å². The second-order valence-electron chi connectivity index (χ2n) is 3.17. The summed E-state index contributed by atoms with van der Waals surface area (Å²) in [5.74, 6) is 0. The summed E-state index contributed by atoms with van der Waals surface area (Å²) in [5, 5.41) is 10.6. The molecule has 1 heterocycles. The molecule has 0 N–H and O–H groups in total. The largest absolute Gasteiger partial charge is 0.250 e. The normalized spacial score (nSPS) is 9.94. The van der Waals surface area contributed by atoms with Crippen LogP contribution < -0.4 is 0 Å². The summed E-state index contributed by atoms with van der Waals surface area (Å²) in [6.07, 6.45) is 1.61. The van der Waals surface area contributed by atoms with Crippen LogP contribution in [0.25, 0.3) is 0 Å². The third kappa shape index (κ3) is 3.13. The fourth-order valence-electron chi connectivity index (χ4n) is 1.20. The van der Waals surface area contributed by atoms with Crippen molar-refractivity contribution in [3.63, 3.8) is 0 Å². The molecule has 0 saturated heterocycles. The van der Waals surface area contributed by atoms with Gasteiger partial charge in [-0.3, -0.25) is 0 Å². The van der Waals surface area contributed by atoms with Crippen molar-refractivity contribution in [1.29, 1.82) is 5.26 Å². The first-order valence-corrected chi connectivity index (χ1v) is 6.25. The average molecular weight is 281 g/mol. The number of rotatable bonds is 2. The number of pyridine rings is 1. The molecule has 2 rings (SSSR count). The third-order valence-electron chi connectivity index (χ3n) is 1.98. The minimum absolute atomic E-state index is 0.508. The number of hydrogen-bond donors (Lipinski definition) is 0. The van der Waals surface area contributed by atoms with E-state index in [4.69, 9.17) is 28.5 Å². The monoisotopic (exact) mass is 280 g/mol. The van der Waals surface area contributed by atoms with E-state index in [2.05, 4.69) is 11.1 Å². The van der Waals surface area contributed by atoms with Crippen molar-refractivity contribution < 1.29 is 0 Å². The molecule has 1 aromatic carbocycles. The van der Waals surface area contributed by atoms with Gasteiger partial charge in [0.15, 0.2) is 0 Å². The summed E-state index contributed by atoms with van der Waals surface area (Å²) < 4.78 is 0. The number of nitriles is 1. The third-order valence-corrected chi connectivity index (χ3v) is 3.64. The molecule has 0 aliphatic rings. The Kier molecular flexibility index (Phi) is 3.90. The van der Waals surface area contributed by atoms with Crippen LogP contribution in [0.5, 0.6) is 0 Å². The van der Waals surface area contributed by atoms with Gasteiger partial charge >= 0.3 is 0 Å². The molecule has 2 nitrogen and oxygen atoms in total. The molecular weight excluding hydrogens is 275 g/mol. The number of hydrogen-bond acceptors (Lipinski definition) is 3. The zero-order valence-electron chi connectivity index (χ0n) is 8.52. The fourth-order valence-corrected chi connectivity index (χ4v) is 2.41. The molecule has 0 aliphatic carbocycles. The fraction of sp³-hybridized carbons (Fsp3) is 0. The molecule has 0 fully saturated rings. The van der Waals surface area contributed by atoms with Crippen molar-refractivity contribution in [3.8, 4) is 6.07 Å². The Bertz CT molecular complexity index is 593. The zero-order chi connectivity index (χ0) is 12.3. The van der Waals surface area contributed by atoms with Crippen LogP contribution in [0.15, 0.2) is 46.5 Å². The Hall–Kier alpha value is -1.21. The predicted octanol–water partition coefficient (Wildman–Crippen LogP) is 4.41. The Balaban J connectivity index is 2.25. The average Bonchev–Trinajstić information content (AvgIpc) is 2.34. The maximum absolute atomic E-state index is 8.78. The Labute approximate surface area is 113 Å². The summed E-state index contributed by atoms with van der Waals surface area (Å²) in [6, 6.07) is 10.8. The molecule has 84 valence electrons. The van der Waals surface area contributed by atoms with Crippen molar-refractivity contribution in [2.45, 2.75) is 9.92 Å². The van der Waals surface area contributed by atoms with Gasteiger partial charge in [0.25, 0.3) is 0 Å². The molecule has 5 heteroatoms. The topological polar surface area (TPSA) is 36.7 Å². The van der Waals surface area contributed by atoms with Gasteiger partial charge in [0.2, 0.25) is 0 Å². The van der Waals surface area contributed by atoms with E-state index in [9.17, 15) is 0 Å². The molecule has 0 unspecified atom stereocenters. The highest BCUT2D eigenvalue weighted by atomic mass is 35.5. The van der Waals surface area contributed by atoms with Crippen molar-refractivity contribution in [2.24, 2.45) is 0 Å². The van der Waals surface area contributed by atoms with Crippen LogP contribution >= 0.6 is 35.0 Å². The van der Waals surface area contributed by atoms with Gasteiger partial charge in [0.1, 0.15) is 5.03 Å². The standard InChI is InChI=1S/C12H6Cl2N2S/c13-10-2-1-9(6-11(10)14)17-12-5-8(7-15)3-4-16-12/h1-6H. The van der Waals surface area contributed by atoms with E-state index >= 15 is 0 Å².